The fourth-order valence-corrected chi connectivity index (χ4v) is 2.94. The van der Waals surface area contributed by atoms with Crippen molar-refractivity contribution in [1.82, 2.24) is 15.5 Å². The van der Waals surface area contributed by atoms with Gasteiger partial charge in [-0.25, -0.2) is 0 Å². The fourth-order valence-electron chi connectivity index (χ4n) is 2.20. The van der Waals surface area contributed by atoms with Gasteiger partial charge in [-0.1, -0.05) is 0 Å². The summed E-state index contributed by atoms with van der Waals surface area (Å²) < 4.78 is 5.73. The van der Waals surface area contributed by atoms with Crippen LogP contribution < -0.4 is 10.6 Å². The highest BCUT2D eigenvalue weighted by Gasteiger charge is 2.23. The smallest absolute Gasteiger partial charge is 0.287 e. The van der Waals surface area contributed by atoms with Crippen molar-refractivity contribution in [1.29, 1.82) is 0 Å². The minimum absolute atomic E-state index is 0.254. The molecule has 0 aliphatic carbocycles. The van der Waals surface area contributed by atoms with Crippen molar-refractivity contribution in [3.05, 3.63) is 45.3 Å². The molecule has 0 unspecified atom stereocenters. The highest BCUT2D eigenvalue weighted by atomic mass is 32.2. The molecule has 7 nitrogen and oxygen atoms in total. The first kappa shape index (κ1) is 16.7. The molecule has 0 amide bonds. The van der Waals surface area contributed by atoms with E-state index in [9.17, 15) is 10.1 Å². The standard InChI is InChI=1S/C14H22N4O3S/c1-17(2)9-11-3-4-12(21-11)10-22-8-7-16-14-13(18(19)20)5-6-15-14/h3-4,15-16H,5-10H2,1-2H3. The summed E-state index contributed by atoms with van der Waals surface area (Å²) in [6, 6.07) is 4.01. The third-order valence-electron chi connectivity index (χ3n) is 3.15. The van der Waals surface area contributed by atoms with Gasteiger partial charge in [-0.15, -0.1) is 0 Å². The molecule has 0 saturated carbocycles. The van der Waals surface area contributed by atoms with Crippen molar-refractivity contribution < 1.29 is 9.34 Å². The molecule has 1 aromatic heterocycles. The van der Waals surface area contributed by atoms with Gasteiger partial charge in [0.15, 0.2) is 5.82 Å². The summed E-state index contributed by atoms with van der Waals surface area (Å²) in [6.07, 6.45) is 0.476. The minimum Gasteiger partial charge on any atom is -0.464 e. The summed E-state index contributed by atoms with van der Waals surface area (Å²) in [5.41, 5.74) is 0.254. The molecule has 22 heavy (non-hydrogen) atoms. The maximum Gasteiger partial charge on any atom is 0.287 e. The van der Waals surface area contributed by atoms with E-state index in [2.05, 4.69) is 15.5 Å². The SMILES string of the molecule is CN(C)Cc1ccc(CSCCNC2=C([N+](=O)[O-])CCN2)o1. The number of nitrogens with one attached hydrogen (secondary N) is 2. The third-order valence-corrected chi connectivity index (χ3v) is 4.14. The molecule has 0 saturated heterocycles. The first-order valence-electron chi connectivity index (χ1n) is 7.21. The lowest BCUT2D eigenvalue weighted by atomic mass is 10.4. The van der Waals surface area contributed by atoms with Gasteiger partial charge >= 0.3 is 0 Å². The second-order valence-electron chi connectivity index (χ2n) is 5.34. The summed E-state index contributed by atoms with van der Waals surface area (Å²) in [6.45, 7) is 2.12. The van der Waals surface area contributed by atoms with Gasteiger partial charge in [0.1, 0.15) is 11.5 Å². The Balaban J connectivity index is 1.66. The first-order chi connectivity index (χ1) is 10.6. The van der Waals surface area contributed by atoms with Gasteiger partial charge < -0.3 is 20.0 Å². The van der Waals surface area contributed by atoms with E-state index in [0.29, 0.717) is 25.3 Å². The Kier molecular flexibility index (Phi) is 6.14. The number of thioether (sulfide) groups is 1. The number of rotatable bonds is 9. The highest BCUT2D eigenvalue weighted by Crippen LogP contribution is 2.16. The molecular weight excluding hydrogens is 304 g/mol. The molecule has 2 rings (SSSR count). The monoisotopic (exact) mass is 326 g/mol. The molecule has 2 N–H and O–H groups in total. The Morgan fingerprint density at radius 1 is 1.45 bits per heavy atom. The molecule has 0 atom stereocenters. The van der Waals surface area contributed by atoms with Gasteiger partial charge in [-0.05, 0) is 26.2 Å². The van der Waals surface area contributed by atoms with E-state index < -0.39 is 0 Å². The van der Waals surface area contributed by atoms with Crippen LogP contribution in [0.15, 0.2) is 28.1 Å². The molecule has 0 radical (unpaired) electrons. The topological polar surface area (TPSA) is 83.6 Å². The van der Waals surface area contributed by atoms with Crippen LogP contribution >= 0.6 is 11.8 Å². The molecule has 122 valence electrons. The minimum atomic E-state index is -0.315. The Morgan fingerprint density at radius 3 is 2.95 bits per heavy atom. The van der Waals surface area contributed by atoms with Crippen LogP contribution in [0, 0.1) is 10.1 Å². The average molecular weight is 326 g/mol. The van der Waals surface area contributed by atoms with Crippen LogP contribution in [0.5, 0.6) is 0 Å². The molecule has 1 aromatic rings. The summed E-state index contributed by atoms with van der Waals surface area (Å²) in [7, 11) is 4.01. The highest BCUT2D eigenvalue weighted by molar-refractivity contribution is 7.98. The van der Waals surface area contributed by atoms with Crippen LogP contribution in [0.3, 0.4) is 0 Å². The number of nitrogens with zero attached hydrogens (tertiary/aromatic N) is 2. The van der Waals surface area contributed by atoms with Gasteiger partial charge in [0.2, 0.25) is 0 Å². The van der Waals surface area contributed by atoms with E-state index in [0.717, 1.165) is 29.6 Å². The van der Waals surface area contributed by atoms with Crippen molar-refractivity contribution in [3.8, 4) is 0 Å². The quantitative estimate of drug-likeness (QED) is 0.405. The zero-order chi connectivity index (χ0) is 15.9. The molecular formula is C14H22N4O3S. The zero-order valence-electron chi connectivity index (χ0n) is 12.9. The molecule has 0 aromatic carbocycles. The van der Waals surface area contributed by atoms with Crippen molar-refractivity contribution in [3.63, 3.8) is 0 Å². The summed E-state index contributed by atoms with van der Waals surface area (Å²) >= 11 is 1.74. The zero-order valence-corrected chi connectivity index (χ0v) is 13.7. The molecule has 1 aliphatic rings. The van der Waals surface area contributed by atoms with Crippen molar-refractivity contribution in [2.24, 2.45) is 0 Å². The van der Waals surface area contributed by atoms with E-state index in [1.165, 1.54) is 0 Å². The Hall–Kier alpha value is -1.67. The molecule has 8 heteroatoms. The van der Waals surface area contributed by atoms with Gasteiger partial charge in [0, 0.05) is 18.8 Å². The predicted molar refractivity (Wildman–Crippen MR) is 86.9 cm³/mol. The average Bonchev–Trinajstić information content (AvgIpc) is 3.07. The summed E-state index contributed by atoms with van der Waals surface area (Å²) in [5, 5.41) is 16.9. The van der Waals surface area contributed by atoms with E-state index in [1.807, 2.05) is 26.2 Å². The van der Waals surface area contributed by atoms with E-state index in [-0.39, 0.29) is 10.6 Å². The molecule has 0 fully saturated rings. The number of hydrogen-bond donors (Lipinski definition) is 2. The second-order valence-corrected chi connectivity index (χ2v) is 6.45. The largest absolute Gasteiger partial charge is 0.464 e. The number of nitro groups is 1. The number of furan rings is 1. The van der Waals surface area contributed by atoms with E-state index in [1.54, 1.807) is 11.8 Å². The molecule has 0 bridgehead atoms. The third kappa shape index (κ3) is 4.96. The lowest BCUT2D eigenvalue weighted by molar-refractivity contribution is -0.427. The maximum atomic E-state index is 10.8. The van der Waals surface area contributed by atoms with Crippen LogP contribution in [-0.2, 0) is 12.3 Å². The van der Waals surface area contributed by atoms with E-state index >= 15 is 0 Å². The van der Waals surface area contributed by atoms with Crippen molar-refractivity contribution >= 4 is 11.8 Å². The van der Waals surface area contributed by atoms with Gasteiger partial charge in [0.05, 0.1) is 23.6 Å². The fraction of sp³-hybridized carbons (Fsp3) is 0.571. The van der Waals surface area contributed by atoms with Gasteiger partial charge in [0.25, 0.3) is 5.70 Å². The summed E-state index contributed by atoms with van der Waals surface area (Å²) in [5.74, 6) is 4.17. The second kappa shape index (κ2) is 8.09. The van der Waals surface area contributed by atoms with Crippen LogP contribution in [-0.4, -0.2) is 42.8 Å². The molecule has 2 heterocycles. The number of hydrogen-bond acceptors (Lipinski definition) is 7. The van der Waals surface area contributed by atoms with Crippen LogP contribution in [0.4, 0.5) is 0 Å². The Bertz CT molecular complexity index is 542. The predicted octanol–water partition coefficient (Wildman–Crippen LogP) is 1.60. The Morgan fingerprint density at radius 2 is 2.23 bits per heavy atom. The van der Waals surface area contributed by atoms with Crippen LogP contribution in [0.25, 0.3) is 0 Å². The lowest BCUT2D eigenvalue weighted by Gasteiger charge is -2.07. The maximum absolute atomic E-state index is 10.8. The van der Waals surface area contributed by atoms with E-state index in [4.69, 9.17) is 4.42 Å². The van der Waals surface area contributed by atoms with Crippen molar-refractivity contribution in [2.45, 2.75) is 18.7 Å². The van der Waals surface area contributed by atoms with Gasteiger partial charge in [-0.3, -0.25) is 10.1 Å². The van der Waals surface area contributed by atoms with Gasteiger partial charge in [-0.2, -0.15) is 11.8 Å². The lowest BCUT2D eigenvalue weighted by Crippen LogP contribution is -2.26. The first-order valence-corrected chi connectivity index (χ1v) is 8.37. The normalized spacial score (nSPS) is 14.5. The molecule has 1 aliphatic heterocycles. The van der Waals surface area contributed by atoms with Crippen LogP contribution in [0.1, 0.15) is 17.9 Å². The van der Waals surface area contributed by atoms with Crippen LogP contribution in [0.2, 0.25) is 0 Å². The summed E-state index contributed by atoms with van der Waals surface area (Å²) in [4.78, 5) is 12.6. The Labute approximate surface area is 134 Å². The molecule has 0 spiro atoms. The van der Waals surface area contributed by atoms with Crippen molar-refractivity contribution in [2.75, 3.05) is 32.9 Å².